The van der Waals surface area contributed by atoms with Crippen LogP contribution in [-0.2, 0) is 11.3 Å². The topological polar surface area (TPSA) is 69.3 Å². The molecular formula is C16H17N3O2. The number of benzene rings is 1. The Balaban J connectivity index is 1.93. The molecule has 1 unspecified atom stereocenters. The quantitative estimate of drug-likeness (QED) is 0.915. The van der Waals surface area contributed by atoms with Crippen LogP contribution in [0.2, 0.25) is 0 Å². The number of nitriles is 1. The molecule has 5 heteroatoms. The van der Waals surface area contributed by atoms with E-state index < -0.39 is 0 Å². The first-order valence-electron chi connectivity index (χ1n) is 6.62. The van der Waals surface area contributed by atoms with Crippen LogP contribution in [0, 0.1) is 11.3 Å². The van der Waals surface area contributed by atoms with Gasteiger partial charge in [0.15, 0.2) is 0 Å². The first-order valence-corrected chi connectivity index (χ1v) is 6.62. The van der Waals surface area contributed by atoms with E-state index in [1.165, 1.54) is 0 Å². The number of amides is 1. The van der Waals surface area contributed by atoms with E-state index in [-0.39, 0.29) is 11.9 Å². The molecule has 0 saturated heterocycles. The van der Waals surface area contributed by atoms with Gasteiger partial charge in [0.2, 0.25) is 5.91 Å². The summed E-state index contributed by atoms with van der Waals surface area (Å²) < 4.78 is 5.02. The van der Waals surface area contributed by atoms with E-state index in [2.05, 4.69) is 5.32 Å². The Morgan fingerprint density at radius 3 is 2.67 bits per heavy atom. The first kappa shape index (κ1) is 14.8. The molecule has 1 amide bonds. The Morgan fingerprint density at radius 1 is 1.38 bits per heavy atom. The summed E-state index contributed by atoms with van der Waals surface area (Å²) in [5, 5.41) is 11.6. The van der Waals surface area contributed by atoms with Gasteiger partial charge in [-0.3, -0.25) is 9.69 Å². The van der Waals surface area contributed by atoms with Crippen LogP contribution in [-0.4, -0.2) is 23.9 Å². The summed E-state index contributed by atoms with van der Waals surface area (Å²) in [7, 11) is 1.88. The molecule has 21 heavy (non-hydrogen) atoms. The molecule has 1 aromatic heterocycles. The lowest BCUT2D eigenvalue weighted by Gasteiger charge is -2.23. The molecule has 0 aliphatic carbocycles. The number of nitrogens with one attached hydrogen (secondary N) is 1. The normalized spacial score (nSPS) is 11.9. The second-order valence-corrected chi connectivity index (χ2v) is 4.90. The van der Waals surface area contributed by atoms with Crippen LogP contribution in [0.4, 0.5) is 5.69 Å². The van der Waals surface area contributed by atoms with Crippen molar-refractivity contribution in [1.82, 2.24) is 4.90 Å². The zero-order valence-corrected chi connectivity index (χ0v) is 12.0. The van der Waals surface area contributed by atoms with Gasteiger partial charge in [0.25, 0.3) is 0 Å². The molecule has 2 aromatic rings. The molecule has 0 spiro atoms. The molecule has 1 heterocycles. The standard InChI is InChI=1S/C16H17N3O2/c1-12(19(2)10-14-7-8-21-11-14)16(20)18-15-5-3-13(9-17)4-6-15/h3-8,11-12H,10H2,1-2H3,(H,18,20). The number of carbonyl (C=O) groups is 1. The van der Waals surface area contributed by atoms with Gasteiger partial charge in [-0.05, 0) is 44.3 Å². The Morgan fingerprint density at radius 2 is 2.10 bits per heavy atom. The van der Waals surface area contributed by atoms with Crippen molar-refractivity contribution in [2.45, 2.75) is 19.5 Å². The fourth-order valence-electron chi connectivity index (χ4n) is 1.88. The summed E-state index contributed by atoms with van der Waals surface area (Å²) in [4.78, 5) is 14.1. The average molecular weight is 283 g/mol. The smallest absolute Gasteiger partial charge is 0.241 e. The molecule has 0 radical (unpaired) electrons. The van der Waals surface area contributed by atoms with Crippen LogP contribution in [0.1, 0.15) is 18.1 Å². The van der Waals surface area contributed by atoms with Crippen LogP contribution >= 0.6 is 0 Å². The highest BCUT2D eigenvalue weighted by Gasteiger charge is 2.18. The van der Waals surface area contributed by atoms with Gasteiger partial charge < -0.3 is 9.73 Å². The largest absolute Gasteiger partial charge is 0.472 e. The average Bonchev–Trinajstić information content (AvgIpc) is 3.00. The van der Waals surface area contributed by atoms with Gasteiger partial charge in [-0.15, -0.1) is 0 Å². The van der Waals surface area contributed by atoms with E-state index in [0.717, 1.165) is 5.56 Å². The second-order valence-electron chi connectivity index (χ2n) is 4.90. The minimum atomic E-state index is -0.282. The molecule has 1 atom stereocenters. The lowest BCUT2D eigenvalue weighted by Crippen LogP contribution is -2.39. The van der Waals surface area contributed by atoms with Crippen LogP contribution in [0.15, 0.2) is 47.3 Å². The van der Waals surface area contributed by atoms with Crippen molar-refractivity contribution in [2.75, 3.05) is 12.4 Å². The van der Waals surface area contributed by atoms with Gasteiger partial charge in [0.05, 0.1) is 30.2 Å². The maximum atomic E-state index is 12.2. The van der Waals surface area contributed by atoms with Gasteiger partial charge >= 0.3 is 0 Å². The highest BCUT2D eigenvalue weighted by Crippen LogP contribution is 2.12. The molecule has 0 aliphatic rings. The molecule has 0 aliphatic heterocycles. The van der Waals surface area contributed by atoms with Gasteiger partial charge in [-0.1, -0.05) is 0 Å². The summed E-state index contributed by atoms with van der Waals surface area (Å²) in [6.07, 6.45) is 3.28. The summed E-state index contributed by atoms with van der Waals surface area (Å²) >= 11 is 0. The fraction of sp³-hybridized carbons (Fsp3) is 0.250. The predicted molar refractivity (Wildman–Crippen MR) is 79.4 cm³/mol. The van der Waals surface area contributed by atoms with E-state index in [1.807, 2.05) is 31.0 Å². The maximum absolute atomic E-state index is 12.2. The molecule has 0 saturated carbocycles. The number of hydrogen-bond acceptors (Lipinski definition) is 4. The summed E-state index contributed by atoms with van der Waals surface area (Å²) in [6, 6.07) is 10.4. The summed E-state index contributed by atoms with van der Waals surface area (Å²) in [5.41, 5.74) is 2.27. The number of anilines is 1. The number of hydrogen-bond donors (Lipinski definition) is 1. The van der Waals surface area contributed by atoms with Crippen molar-refractivity contribution in [2.24, 2.45) is 0 Å². The lowest BCUT2D eigenvalue weighted by molar-refractivity contribution is -0.120. The zero-order chi connectivity index (χ0) is 15.2. The monoisotopic (exact) mass is 283 g/mol. The third kappa shape index (κ3) is 3.94. The van der Waals surface area contributed by atoms with Gasteiger partial charge in [0, 0.05) is 17.8 Å². The van der Waals surface area contributed by atoms with Crippen molar-refractivity contribution in [3.63, 3.8) is 0 Å². The number of likely N-dealkylation sites (N-methyl/N-ethyl adjacent to an activating group) is 1. The fourth-order valence-corrected chi connectivity index (χ4v) is 1.88. The number of rotatable bonds is 5. The predicted octanol–water partition coefficient (Wildman–Crippen LogP) is 2.61. The Hall–Kier alpha value is -2.58. The molecule has 1 N–H and O–H groups in total. The molecule has 1 aromatic carbocycles. The van der Waals surface area contributed by atoms with E-state index in [9.17, 15) is 4.79 Å². The Labute approximate surface area is 123 Å². The van der Waals surface area contributed by atoms with Crippen molar-refractivity contribution < 1.29 is 9.21 Å². The first-order chi connectivity index (χ1) is 10.1. The third-order valence-electron chi connectivity index (χ3n) is 3.33. The van der Waals surface area contributed by atoms with E-state index in [4.69, 9.17) is 9.68 Å². The van der Waals surface area contributed by atoms with E-state index >= 15 is 0 Å². The van der Waals surface area contributed by atoms with Gasteiger partial charge in [-0.25, -0.2) is 0 Å². The van der Waals surface area contributed by atoms with Gasteiger partial charge in [-0.2, -0.15) is 5.26 Å². The lowest BCUT2D eigenvalue weighted by atomic mass is 10.2. The molecule has 2 rings (SSSR count). The van der Waals surface area contributed by atoms with Crippen molar-refractivity contribution in [1.29, 1.82) is 5.26 Å². The molecular weight excluding hydrogens is 266 g/mol. The molecule has 0 fully saturated rings. The Kier molecular flexibility index (Phi) is 4.75. The van der Waals surface area contributed by atoms with Crippen molar-refractivity contribution in [3.05, 3.63) is 54.0 Å². The summed E-state index contributed by atoms with van der Waals surface area (Å²) in [6.45, 7) is 2.48. The van der Waals surface area contributed by atoms with Crippen LogP contribution in [0.3, 0.4) is 0 Å². The maximum Gasteiger partial charge on any atom is 0.241 e. The molecule has 108 valence electrons. The van der Waals surface area contributed by atoms with Crippen LogP contribution in [0.5, 0.6) is 0 Å². The van der Waals surface area contributed by atoms with E-state index in [1.54, 1.807) is 36.8 Å². The Bertz CT molecular complexity index is 627. The van der Waals surface area contributed by atoms with Crippen molar-refractivity contribution >= 4 is 11.6 Å². The number of nitrogens with zero attached hydrogens (tertiary/aromatic N) is 2. The number of furan rings is 1. The minimum absolute atomic E-state index is 0.0919. The van der Waals surface area contributed by atoms with Crippen LogP contribution < -0.4 is 5.32 Å². The zero-order valence-electron chi connectivity index (χ0n) is 12.0. The summed E-state index contributed by atoms with van der Waals surface area (Å²) in [5.74, 6) is -0.0919. The second kappa shape index (κ2) is 6.73. The highest BCUT2D eigenvalue weighted by atomic mass is 16.3. The number of carbonyl (C=O) groups excluding carboxylic acids is 1. The highest BCUT2D eigenvalue weighted by molar-refractivity contribution is 5.94. The SMILES string of the molecule is CC(C(=O)Nc1ccc(C#N)cc1)N(C)Cc1ccoc1. The molecule has 0 bridgehead atoms. The molecule has 5 nitrogen and oxygen atoms in total. The van der Waals surface area contributed by atoms with E-state index in [0.29, 0.717) is 17.8 Å². The third-order valence-corrected chi connectivity index (χ3v) is 3.33. The van der Waals surface area contributed by atoms with Crippen LogP contribution in [0.25, 0.3) is 0 Å². The van der Waals surface area contributed by atoms with Crippen molar-refractivity contribution in [3.8, 4) is 6.07 Å². The minimum Gasteiger partial charge on any atom is -0.472 e. The van der Waals surface area contributed by atoms with Gasteiger partial charge in [0.1, 0.15) is 0 Å².